The third-order valence-electron chi connectivity index (χ3n) is 3.84. The lowest BCUT2D eigenvalue weighted by Crippen LogP contribution is -2.44. The summed E-state index contributed by atoms with van der Waals surface area (Å²) >= 11 is 5.82. The van der Waals surface area contributed by atoms with Gasteiger partial charge >= 0.3 is 0 Å². The smallest absolute Gasteiger partial charge is 0.141 e. The summed E-state index contributed by atoms with van der Waals surface area (Å²) in [4.78, 5) is 13.5. The first-order valence-corrected chi connectivity index (χ1v) is 7.90. The molecule has 0 atom stereocenters. The number of benzene rings is 1. The molecule has 1 aliphatic rings. The Morgan fingerprint density at radius 3 is 2.57 bits per heavy atom. The molecule has 0 aliphatic carbocycles. The van der Waals surface area contributed by atoms with E-state index in [0.29, 0.717) is 17.3 Å². The maximum absolute atomic E-state index is 13.2. The van der Waals surface area contributed by atoms with E-state index in [4.69, 9.17) is 11.6 Å². The molecular formula is C16H19ClFN5. The standard InChI is InChI=1S/C16H19ClFN5/c1-11-19-15(21-12-3-4-14(18)13(17)9-12)10-16(20-11)23-7-5-22(2)6-8-23/h3-4,9-10H,5-8H2,1-2H3,(H,19,20,21). The Kier molecular flexibility index (Phi) is 4.63. The topological polar surface area (TPSA) is 44.3 Å². The molecule has 1 aromatic heterocycles. The van der Waals surface area contributed by atoms with Gasteiger partial charge in [-0.15, -0.1) is 0 Å². The van der Waals surface area contributed by atoms with Crippen LogP contribution in [-0.2, 0) is 0 Å². The van der Waals surface area contributed by atoms with Gasteiger partial charge in [0, 0.05) is 37.9 Å². The highest BCUT2D eigenvalue weighted by Gasteiger charge is 2.16. The molecule has 0 spiro atoms. The van der Waals surface area contributed by atoms with E-state index in [0.717, 1.165) is 32.0 Å². The van der Waals surface area contributed by atoms with E-state index in [2.05, 4.69) is 32.1 Å². The summed E-state index contributed by atoms with van der Waals surface area (Å²) in [5.74, 6) is 1.83. The first-order valence-electron chi connectivity index (χ1n) is 7.52. The monoisotopic (exact) mass is 335 g/mol. The molecule has 122 valence electrons. The van der Waals surface area contributed by atoms with Crippen molar-refractivity contribution in [2.24, 2.45) is 0 Å². The number of nitrogens with zero attached hydrogens (tertiary/aromatic N) is 4. The Morgan fingerprint density at radius 1 is 1.13 bits per heavy atom. The van der Waals surface area contributed by atoms with Crippen LogP contribution in [0.25, 0.3) is 0 Å². The van der Waals surface area contributed by atoms with Crippen LogP contribution in [0.2, 0.25) is 5.02 Å². The fourth-order valence-electron chi connectivity index (χ4n) is 2.54. The molecule has 0 unspecified atom stereocenters. The van der Waals surface area contributed by atoms with Crippen LogP contribution in [0.15, 0.2) is 24.3 Å². The zero-order chi connectivity index (χ0) is 16.4. The SMILES string of the molecule is Cc1nc(Nc2ccc(F)c(Cl)c2)cc(N2CCN(C)CC2)n1. The number of hydrogen-bond donors (Lipinski definition) is 1. The fraction of sp³-hybridized carbons (Fsp3) is 0.375. The van der Waals surface area contributed by atoms with Crippen LogP contribution in [0.3, 0.4) is 0 Å². The van der Waals surface area contributed by atoms with Gasteiger partial charge in [0.05, 0.1) is 5.02 Å². The number of aromatic nitrogens is 2. The molecule has 7 heteroatoms. The van der Waals surface area contributed by atoms with Gasteiger partial charge in [-0.1, -0.05) is 11.6 Å². The number of hydrogen-bond acceptors (Lipinski definition) is 5. The highest BCUT2D eigenvalue weighted by atomic mass is 35.5. The summed E-state index contributed by atoms with van der Waals surface area (Å²) in [6.45, 7) is 5.77. The summed E-state index contributed by atoms with van der Waals surface area (Å²) in [6.07, 6.45) is 0. The minimum atomic E-state index is -0.436. The number of anilines is 3. The average molecular weight is 336 g/mol. The molecule has 0 radical (unpaired) electrons. The number of rotatable bonds is 3. The second kappa shape index (κ2) is 6.68. The van der Waals surface area contributed by atoms with Gasteiger partial charge in [-0.2, -0.15) is 0 Å². The van der Waals surface area contributed by atoms with Gasteiger partial charge in [0.15, 0.2) is 0 Å². The predicted octanol–water partition coefficient (Wildman–Crippen LogP) is 3.07. The highest BCUT2D eigenvalue weighted by molar-refractivity contribution is 6.31. The lowest BCUT2D eigenvalue weighted by Gasteiger charge is -2.33. The lowest BCUT2D eigenvalue weighted by molar-refractivity contribution is 0.312. The Labute approximate surface area is 140 Å². The Balaban J connectivity index is 1.81. The van der Waals surface area contributed by atoms with E-state index in [9.17, 15) is 4.39 Å². The summed E-state index contributed by atoms with van der Waals surface area (Å²) in [7, 11) is 2.12. The van der Waals surface area contributed by atoms with Crippen LogP contribution in [0.1, 0.15) is 5.82 Å². The zero-order valence-corrected chi connectivity index (χ0v) is 13.9. The maximum Gasteiger partial charge on any atom is 0.141 e. The van der Waals surface area contributed by atoms with Crippen LogP contribution in [0.5, 0.6) is 0 Å². The second-order valence-electron chi connectivity index (χ2n) is 5.70. The maximum atomic E-state index is 13.2. The molecule has 3 rings (SSSR count). The number of likely N-dealkylation sites (N-methyl/N-ethyl adjacent to an activating group) is 1. The Morgan fingerprint density at radius 2 is 1.87 bits per heavy atom. The van der Waals surface area contributed by atoms with Crippen LogP contribution >= 0.6 is 11.6 Å². The first kappa shape index (κ1) is 16.0. The van der Waals surface area contributed by atoms with Crippen molar-refractivity contribution in [3.8, 4) is 0 Å². The molecule has 1 N–H and O–H groups in total. The minimum absolute atomic E-state index is 0.0834. The molecule has 2 aromatic rings. The number of halogens is 2. The Hall–Kier alpha value is -1.92. The van der Waals surface area contributed by atoms with Gasteiger partial charge in [0.25, 0.3) is 0 Å². The van der Waals surface area contributed by atoms with Crippen molar-refractivity contribution in [2.75, 3.05) is 43.4 Å². The largest absolute Gasteiger partial charge is 0.354 e. The minimum Gasteiger partial charge on any atom is -0.354 e. The van der Waals surface area contributed by atoms with Gasteiger partial charge in [0.1, 0.15) is 23.3 Å². The van der Waals surface area contributed by atoms with Crippen molar-refractivity contribution in [3.63, 3.8) is 0 Å². The first-order chi connectivity index (χ1) is 11.0. The van der Waals surface area contributed by atoms with Crippen LogP contribution in [-0.4, -0.2) is 48.1 Å². The normalized spacial score (nSPS) is 15.7. The van der Waals surface area contributed by atoms with Gasteiger partial charge in [-0.05, 0) is 32.2 Å². The number of aryl methyl sites for hydroxylation is 1. The van der Waals surface area contributed by atoms with E-state index in [-0.39, 0.29) is 5.02 Å². The van der Waals surface area contributed by atoms with Crippen molar-refractivity contribution in [1.29, 1.82) is 0 Å². The van der Waals surface area contributed by atoms with Crippen molar-refractivity contribution in [1.82, 2.24) is 14.9 Å². The second-order valence-corrected chi connectivity index (χ2v) is 6.11. The quantitative estimate of drug-likeness (QED) is 0.934. The molecule has 1 aliphatic heterocycles. The number of nitrogens with one attached hydrogen (secondary N) is 1. The highest BCUT2D eigenvalue weighted by Crippen LogP contribution is 2.24. The molecule has 1 fully saturated rings. The summed E-state index contributed by atoms with van der Waals surface area (Å²) < 4.78 is 13.2. The lowest BCUT2D eigenvalue weighted by atomic mass is 10.3. The molecule has 1 aromatic carbocycles. The molecule has 0 bridgehead atoms. The van der Waals surface area contributed by atoms with E-state index in [1.54, 1.807) is 12.1 Å². The van der Waals surface area contributed by atoms with Crippen molar-refractivity contribution >= 4 is 28.9 Å². The van der Waals surface area contributed by atoms with Crippen LogP contribution in [0, 0.1) is 12.7 Å². The van der Waals surface area contributed by atoms with E-state index in [1.165, 1.54) is 6.07 Å². The van der Waals surface area contributed by atoms with Crippen molar-refractivity contribution in [3.05, 3.63) is 40.9 Å². The van der Waals surface area contributed by atoms with Crippen molar-refractivity contribution in [2.45, 2.75) is 6.92 Å². The van der Waals surface area contributed by atoms with Gasteiger partial charge in [0.2, 0.25) is 0 Å². The van der Waals surface area contributed by atoms with Gasteiger partial charge in [-0.3, -0.25) is 0 Å². The third kappa shape index (κ3) is 3.89. The summed E-state index contributed by atoms with van der Waals surface area (Å²) in [6, 6.07) is 6.42. The van der Waals surface area contributed by atoms with E-state index in [1.807, 2.05) is 13.0 Å². The summed E-state index contributed by atoms with van der Waals surface area (Å²) in [5.41, 5.74) is 0.693. The van der Waals surface area contributed by atoms with Gasteiger partial charge in [-0.25, -0.2) is 14.4 Å². The molecule has 0 amide bonds. The van der Waals surface area contributed by atoms with Crippen LogP contribution in [0.4, 0.5) is 21.7 Å². The molecular weight excluding hydrogens is 317 g/mol. The molecule has 2 heterocycles. The number of piperazine rings is 1. The molecule has 5 nitrogen and oxygen atoms in total. The molecule has 23 heavy (non-hydrogen) atoms. The Bertz CT molecular complexity index is 701. The predicted molar refractivity (Wildman–Crippen MR) is 91.2 cm³/mol. The molecule has 1 saturated heterocycles. The summed E-state index contributed by atoms with van der Waals surface area (Å²) in [5, 5.41) is 3.25. The zero-order valence-electron chi connectivity index (χ0n) is 13.2. The van der Waals surface area contributed by atoms with E-state index < -0.39 is 5.82 Å². The van der Waals surface area contributed by atoms with Crippen LogP contribution < -0.4 is 10.2 Å². The fourth-order valence-corrected chi connectivity index (χ4v) is 2.72. The van der Waals surface area contributed by atoms with Gasteiger partial charge < -0.3 is 15.1 Å². The van der Waals surface area contributed by atoms with Crippen molar-refractivity contribution < 1.29 is 4.39 Å². The molecule has 0 saturated carbocycles. The third-order valence-corrected chi connectivity index (χ3v) is 4.13. The van der Waals surface area contributed by atoms with E-state index >= 15 is 0 Å². The average Bonchev–Trinajstić information content (AvgIpc) is 2.51.